The Morgan fingerprint density at radius 2 is 1.67 bits per heavy atom. The van der Waals surface area contributed by atoms with Gasteiger partial charge in [0.25, 0.3) is 0 Å². The smallest absolute Gasteiger partial charge is 0.119 e. The Kier molecular flexibility index (Phi) is 3.53. The number of aromatic hydroxyl groups is 2. The molecular formula is C13H17N3O2. The Hall–Kier alpha value is -2.01. The van der Waals surface area contributed by atoms with Gasteiger partial charge in [-0.1, -0.05) is 0 Å². The lowest BCUT2D eigenvalue weighted by molar-refractivity contribution is 0.442. The van der Waals surface area contributed by atoms with Gasteiger partial charge < -0.3 is 15.5 Å². The molecule has 4 N–H and O–H groups in total. The average Bonchev–Trinajstić information content (AvgIpc) is 2.80. The van der Waals surface area contributed by atoms with Crippen LogP contribution in [0.4, 0.5) is 0 Å². The first-order valence-electron chi connectivity index (χ1n) is 5.84. The van der Waals surface area contributed by atoms with E-state index in [1.54, 1.807) is 18.3 Å². The Balaban J connectivity index is 2.09. The van der Waals surface area contributed by atoms with E-state index < -0.39 is 0 Å². The number of nitrogens with zero attached hydrogens (tertiary/aromatic N) is 1. The molecule has 0 bridgehead atoms. The van der Waals surface area contributed by atoms with Crippen molar-refractivity contribution in [3.63, 3.8) is 0 Å². The predicted molar refractivity (Wildman–Crippen MR) is 68.3 cm³/mol. The molecule has 1 aromatic carbocycles. The minimum Gasteiger partial charge on any atom is -0.508 e. The summed E-state index contributed by atoms with van der Waals surface area (Å²) in [6, 6.07) is 4.73. The summed E-state index contributed by atoms with van der Waals surface area (Å²) in [6.45, 7) is 4.01. The third-order valence-corrected chi connectivity index (χ3v) is 2.94. The molecular weight excluding hydrogens is 230 g/mol. The molecule has 0 saturated carbocycles. The molecule has 5 nitrogen and oxygen atoms in total. The molecule has 0 fully saturated rings. The second-order valence-corrected chi connectivity index (χ2v) is 4.42. The number of aromatic amines is 1. The second-order valence-electron chi connectivity index (χ2n) is 4.42. The van der Waals surface area contributed by atoms with Gasteiger partial charge in [-0.05, 0) is 31.5 Å². The van der Waals surface area contributed by atoms with Gasteiger partial charge in [-0.15, -0.1) is 0 Å². The molecule has 0 spiro atoms. The number of H-pyrrole nitrogens is 1. The first kappa shape index (κ1) is 12.4. The monoisotopic (exact) mass is 247 g/mol. The van der Waals surface area contributed by atoms with Crippen LogP contribution in [0.5, 0.6) is 11.5 Å². The zero-order chi connectivity index (χ0) is 13.1. The predicted octanol–water partition coefficient (Wildman–Crippen LogP) is 2.23. The molecule has 18 heavy (non-hydrogen) atoms. The minimum atomic E-state index is 0.00731. The van der Waals surface area contributed by atoms with Crippen LogP contribution in [0.15, 0.2) is 30.6 Å². The van der Waals surface area contributed by atoms with Crippen molar-refractivity contribution in [1.82, 2.24) is 15.5 Å². The summed E-state index contributed by atoms with van der Waals surface area (Å²) in [6.07, 6.45) is 3.61. The lowest BCUT2D eigenvalue weighted by Gasteiger charge is -2.19. The maximum atomic E-state index is 9.46. The largest absolute Gasteiger partial charge is 0.508 e. The van der Waals surface area contributed by atoms with Crippen molar-refractivity contribution >= 4 is 0 Å². The molecule has 2 atom stereocenters. The molecule has 2 unspecified atom stereocenters. The van der Waals surface area contributed by atoms with Crippen LogP contribution in [0.2, 0.25) is 0 Å². The molecule has 0 saturated heterocycles. The van der Waals surface area contributed by atoms with Crippen LogP contribution in [0.3, 0.4) is 0 Å². The summed E-state index contributed by atoms with van der Waals surface area (Å²) in [4.78, 5) is 0. The van der Waals surface area contributed by atoms with E-state index in [0.717, 1.165) is 11.1 Å². The zero-order valence-corrected chi connectivity index (χ0v) is 10.4. The van der Waals surface area contributed by atoms with E-state index in [-0.39, 0.29) is 23.6 Å². The van der Waals surface area contributed by atoms with Crippen LogP contribution in [-0.2, 0) is 0 Å². The molecule has 1 heterocycles. The molecule has 2 rings (SSSR count). The van der Waals surface area contributed by atoms with Gasteiger partial charge >= 0.3 is 0 Å². The number of rotatable bonds is 4. The third kappa shape index (κ3) is 2.81. The number of phenols is 2. The zero-order valence-electron chi connectivity index (χ0n) is 10.4. The second kappa shape index (κ2) is 5.10. The number of benzene rings is 1. The first-order chi connectivity index (χ1) is 8.56. The number of nitrogens with one attached hydrogen (secondary N) is 2. The lowest BCUT2D eigenvalue weighted by atomic mass is 10.1. The van der Waals surface area contributed by atoms with E-state index in [1.807, 2.05) is 20.0 Å². The maximum Gasteiger partial charge on any atom is 0.119 e. The van der Waals surface area contributed by atoms with Gasteiger partial charge in [0.05, 0.1) is 6.20 Å². The molecule has 5 heteroatoms. The van der Waals surface area contributed by atoms with E-state index in [9.17, 15) is 10.2 Å². The van der Waals surface area contributed by atoms with Crippen molar-refractivity contribution in [2.75, 3.05) is 0 Å². The summed E-state index contributed by atoms with van der Waals surface area (Å²) in [5.41, 5.74) is 1.90. The van der Waals surface area contributed by atoms with E-state index in [2.05, 4.69) is 15.5 Å². The van der Waals surface area contributed by atoms with Crippen molar-refractivity contribution in [3.8, 4) is 11.5 Å². The molecule has 0 radical (unpaired) electrons. The Morgan fingerprint density at radius 1 is 1.06 bits per heavy atom. The molecule has 0 aliphatic heterocycles. The molecule has 0 aliphatic carbocycles. The number of aromatic nitrogens is 2. The normalized spacial score (nSPS) is 14.3. The Labute approximate surface area is 105 Å². The summed E-state index contributed by atoms with van der Waals surface area (Å²) in [5.74, 6) is 0.129. The van der Waals surface area contributed by atoms with Gasteiger partial charge in [0.15, 0.2) is 0 Å². The fraction of sp³-hybridized carbons (Fsp3) is 0.308. The minimum absolute atomic E-state index is 0.00731. The fourth-order valence-electron chi connectivity index (χ4n) is 1.93. The summed E-state index contributed by atoms with van der Waals surface area (Å²) >= 11 is 0. The fourth-order valence-corrected chi connectivity index (χ4v) is 1.93. The Bertz CT molecular complexity index is 491. The quantitative estimate of drug-likeness (QED) is 0.668. The van der Waals surface area contributed by atoms with Crippen LogP contribution in [0.1, 0.15) is 37.1 Å². The van der Waals surface area contributed by atoms with E-state index in [1.165, 1.54) is 6.07 Å². The van der Waals surface area contributed by atoms with Crippen LogP contribution >= 0.6 is 0 Å². The highest BCUT2D eigenvalue weighted by molar-refractivity contribution is 5.38. The van der Waals surface area contributed by atoms with Gasteiger partial charge in [0.1, 0.15) is 11.5 Å². The summed E-state index contributed by atoms with van der Waals surface area (Å²) in [7, 11) is 0. The molecule has 2 aromatic rings. The lowest BCUT2D eigenvalue weighted by Crippen LogP contribution is -2.22. The standard InChI is InChI=1S/C13H17N3O2/c1-8(10-3-12(17)5-13(18)4-10)16-9(2)11-6-14-15-7-11/h3-9,16-18H,1-2H3,(H,14,15). The van der Waals surface area contributed by atoms with Crippen LogP contribution in [0.25, 0.3) is 0 Å². The van der Waals surface area contributed by atoms with Gasteiger partial charge in [-0.25, -0.2) is 0 Å². The molecule has 0 amide bonds. The van der Waals surface area contributed by atoms with Gasteiger partial charge in [0.2, 0.25) is 0 Å². The molecule has 1 aromatic heterocycles. The van der Waals surface area contributed by atoms with Crippen LogP contribution in [0, 0.1) is 0 Å². The third-order valence-electron chi connectivity index (χ3n) is 2.94. The summed E-state index contributed by atoms with van der Waals surface area (Å²) in [5, 5.41) is 29.0. The number of hydrogen-bond acceptors (Lipinski definition) is 4. The van der Waals surface area contributed by atoms with Crippen molar-refractivity contribution in [1.29, 1.82) is 0 Å². The van der Waals surface area contributed by atoms with Crippen LogP contribution < -0.4 is 5.32 Å². The van der Waals surface area contributed by atoms with Crippen molar-refractivity contribution in [2.24, 2.45) is 0 Å². The maximum absolute atomic E-state index is 9.46. The van der Waals surface area contributed by atoms with Gasteiger partial charge in [-0.3, -0.25) is 5.10 Å². The Morgan fingerprint density at radius 3 is 2.22 bits per heavy atom. The topological polar surface area (TPSA) is 81.2 Å². The average molecular weight is 247 g/mol. The van der Waals surface area contributed by atoms with Crippen LogP contribution in [-0.4, -0.2) is 20.4 Å². The highest BCUT2D eigenvalue weighted by Crippen LogP contribution is 2.26. The SMILES string of the molecule is CC(NC(C)c1cc(O)cc(O)c1)c1cn[nH]c1. The van der Waals surface area contributed by atoms with Gasteiger partial charge in [0, 0.05) is 29.9 Å². The van der Waals surface area contributed by atoms with Crippen molar-refractivity contribution in [2.45, 2.75) is 25.9 Å². The van der Waals surface area contributed by atoms with E-state index in [0.29, 0.717) is 0 Å². The molecule has 96 valence electrons. The summed E-state index contributed by atoms with van der Waals surface area (Å²) < 4.78 is 0. The van der Waals surface area contributed by atoms with E-state index >= 15 is 0 Å². The number of hydrogen-bond donors (Lipinski definition) is 4. The molecule has 0 aliphatic rings. The van der Waals surface area contributed by atoms with E-state index in [4.69, 9.17) is 0 Å². The van der Waals surface area contributed by atoms with Crippen molar-refractivity contribution < 1.29 is 10.2 Å². The van der Waals surface area contributed by atoms with Crippen molar-refractivity contribution in [3.05, 3.63) is 41.7 Å². The van der Waals surface area contributed by atoms with Gasteiger partial charge in [-0.2, -0.15) is 5.10 Å². The highest BCUT2D eigenvalue weighted by Gasteiger charge is 2.13. The number of phenolic OH excluding ortho intramolecular Hbond substituents is 2. The first-order valence-corrected chi connectivity index (χ1v) is 5.84. The highest BCUT2D eigenvalue weighted by atomic mass is 16.3.